The van der Waals surface area contributed by atoms with Gasteiger partial charge in [0.2, 0.25) is 0 Å². The molecule has 134 valence electrons. The minimum absolute atomic E-state index is 0.325. The summed E-state index contributed by atoms with van der Waals surface area (Å²) in [7, 11) is -1.15. The molecule has 0 bridgehead atoms. The molecule has 0 radical (unpaired) electrons. The number of carbonyl (C=O) groups is 1. The smallest absolute Gasteiger partial charge is 0.407 e. The molecule has 1 rings (SSSR count). The van der Waals surface area contributed by atoms with Crippen molar-refractivity contribution in [2.75, 3.05) is 13.2 Å². The van der Waals surface area contributed by atoms with E-state index in [4.69, 9.17) is 9.47 Å². The van der Waals surface area contributed by atoms with Gasteiger partial charge >= 0.3 is 6.09 Å². The zero-order valence-corrected chi connectivity index (χ0v) is 16.4. The summed E-state index contributed by atoms with van der Waals surface area (Å²) in [6.07, 6.45) is 3.16. The van der Waals surface area contributed by atoms with E-state index in [-0.39, 0.29) is 6.09 Å². The molecule has 1 N–H and O–H groups in total. The van der Waals surface area contributed by atoms with Crippen LogP contribution in [0.4, 0.5) is 4.79 Å². The van der Waals surface area contributed by atoms with Gasteiger partial charge in [-0.05, 0) is 30.0 Å². The molecule has 0 atom stereocenters. The van der Waals surface area contributed by atoms with Gasteiger partial charge in [0, 0.05) is 14.6 Å². The highest BCUT2D eigenvalue weighted by Crippen LogP contribution is 2.09. The lowest BCUT2D eigenvalue weighted by Gasteiger charge is -2.15. The Kier molecular flexibility index (Phi) is 9.23. The number of nitrogens with one attached hydrogen (secondary N) is 1. The van der Waals surface area contributed by atoms with Crippen LogP contribution in [0.1, 0.15) is 25.3 Å². The second kappa shape index (κ2) is 10.9. The first-order chi connectivity index (χ1) is 11.4. The van der Waals surface area contributed by atoms with Gasteiger partial charge in [-0.3, -0.25) is 0 Å². The van der Waals surface area contributed by atoms with Crippen LogP contribution in [-0.4, -0.2) is 27.3 Å². The number of benzene rings is 1. The Morgan fingerprint density at radius 1 is 1.21 bits per heavy atom. The fourth-order valence-corrected chi connectivity index (χ4v) is 2.69. The topological polar surface area (TPSA) is 47.6 Å². The van der Waals surface area contributed by atoms with Crippen LogP contribution >= 0.6 is 0 Å². The molecule has 0 saturated carbocycles. The maximum atomic E-state index is 11.6. The van der Waals surface area contributed by atoms with Crippen LogP contribution in [0.2, 0.25) is 25.7 Å². The van der Waals surface area contributed by atoms with Gasteiger partial charge in [-0.1, -0.05) is 56.9 Å². The van der Waals surface area contributed by atoms with Gasteiger partial charge in [0.1, 0.15) is 6.61 Å². The summed E-state index contributed by atoms with van der Waals surface area (Å²) in [6.45, 7) is 10.5. The van der Waals surface area contributed by atoms with Gasteiger partial charge in [-0.15, -0.1) is 0 Å². The van der Waals surface area contributed by atoms with Crippen molar-refractivity contribution in [1.82, 2.24) is 5.32 Å². The Hall–Kier alpha value is -1.75. The average Bonchev–Trinajstić information content (AvgIpc) is 2.53. The third-order valence-electron chi connectivity index (χ3n) is 3.60. The lowest BCUT2D eigenvalue weighted by molar-refractivity contribution is 0.152. The number of amides is 1. The molecule has 4 nitrogen and oxygen atoms in total. The molecule has 0 fully saturated rings. The number of rotatable bonds is 10. The van der Waals surface area contributed by atoms with Crippen molar-refractivity contribution < 1.29 is 14.3 Å². The molecule has 1 aromatic rings. The number of ether oxygens (including phenoxy) is 2. The summed E-state index contributed by atoms with van der Waals surface area (Å²) >= 11 is 0. The first-order valence-electron chi connectivity index (χ1n) is 8.65. The summed E-state index contributed by atoms with van der Waals surface area (Å²) < 4.78 is 10.8. The minimum atomic E-state index is -1.15. The number of alkyl carbamates (subject to hydrolysis) is 1. The molecule has 5 heteroatoms. The third kappa shape index (κ3) is 10.1. The van der Waals surface area contributed by atoms with Crippen molar-refractivity contribution in [1.29, 1.82) is 0 Å². The highest BCUT2D eigenvalue weighted by Gasteiger charge is 2.13. The highest BCUT2D eigenvalue weighted by molar-refractivity contribution is 6.76. The zero-order chi connectivity index (χ0) is 17.8. The first-order valence-corrected chi connectivity index (χ1v) is 12.4. The predicted molar refractivity (Wildman–Crippen MR) is 102 cm³/mol. The number of carbonyl (C=O) groups excluding carboxylic acids is 1. The predicted octanol–water partition coefficient (Wildman–Crippen LogP) is 4.95. The molecule has 0 heterocycles. The maximum absolute atomic E-state index is 11.6. The van der Waals surface area contributed by atoms with E-state index in [1.165, 1.54) is 5.57 Å². The molecule has 0 unspecified atom stereocenters. The molecular weight excluding hydrogens is 318 g/mol. The van der Waals surface area contributed by atoms with Gasteiger partial charge in [-0.25, -0.2) is 4.79 Å². The van der Waals surface area contributed by atoms with E-state index < -0.39 is 8.07 Å². The quantitative estimate of drug-likeness (QED) is 0.480. The average molecular weight is 350 g/mol. The fourth-order valence-electron chi connectivity index (χ4n) is 1.98. The molecule has 0 spiro atoms. The second-order valence-corrected chi connectivity index (χ2v) is 12.7. The molecule has 0 aliphatic rings. The van der Waals surface area contributed by atoms with Crippen LogP contribution in [0.5, 0.6) is 0 Å². The van der Waals surface area contributed by atoms with Gasteiger partial charge in [-0.2, -0.15) is 0 Å². The Morgan fingerprint density at radius 3 is 2.54 bits per heavy atom. The van der Waals surface area contributed by atoms with E-state index in [9.17, 15) is 4.79 Å². The molecule has 24 heavy (non-hydrogen) atoms. The largest absolute Gasteiger partial charge is 0.497 e. The zero-order valence-electron chi connectivity index (χ0n) is 15.4. The lowest BCUT2D eigenvalue weighted by atomic mass is 10.1. The van der Waals surface area contributed by atoms with E-state index in [2.05, 4.69) is 31.9 Å². The van der Waals surface area contributed by atoms with E-state index in [1.54, 1.807) is 0 Å². The summed E-state index contributed by atoms with van der Waals surface area (Å²) in [6, 6.07) is 11.1. The third-order valence-corrected chi connectivity index (χ3v) is 5.30. The van der Waals surface area contributed by atoms with Crippen LogP contribution in [0.3, 0.4) is 0 Å². The van der Waals surface area contributed by atoms with Crippen molar-refractivity contribution in [3.05, 3.63) is 47.7 Å². The maximum Gasteiger partial charge on any atom is 0.407 e. The second-order valence-electron chi connectivity index (χ2n) is 7.05. The Balaban J connectivity index is 2.21. The summed E-state index contributed by atoms with van der Waals surface area (Å²) in [5, 5.41) is 2.80. The Labute approximate surface area is 147 Å². The Morgan fingerprint density at radius 2 is 1.92 bits per heavy atom. The highest BCUT2D eigenvalue weighted by atomic mass is 28.3. The SMILES string of the molecule is CC/C(=C\OCc1ccccc1)CCNC(=O)OCC[Si](C)(C)C. The number of hydrogen-bond donors (Lipinski definition) is 1. The minimum Gasteiger partial charge on any atom is -0.497 e. The van der Waals surface area contributed by atoms with Gasteiger partial charge in [0.05, 0.1) is 12.9 Å². The van der Waals surface area contributed by atoms with E-state index in [0.29, 0.717) is 19.8 Å². The van der Waals surface area contributed by atoms with Crippen molar-refractivity contribution in [3.8, 4) is 0 Å². The number of hydrogen-bond acceptors (Lipinski definition) is 3. The van der Waals surface area contributed by atoms with Gasteiger partial charge < -0.3 is 14.8 Å². The first kappa shape index (κ1) is 20.3. The van der Waals surface area contributed by atoms with Crippen LogP contribution < -0.4 is 5.32 Å². The molecule has 0 aliphatic carbocycles. The van der Waals surface area contributed by atoms with Crippen LogP contribution in [0.25, 0.3) is 0 Å². The summed E-state index contributed by atoms with van der Waals surface area (Å²) in [5.41, 5.74) is 2.32. The van der Waals surface area contributed by atoms with E-state index in [0.717, 1.165) is 24.4 Å². The molecule has 0 aromatic heterocycles. The normalized spacial score (nSPS) is 11.9. The standard InChI is InChI=1S/C19H31NO3Si/c1-5-17(15-22-16-18-9-7-6-8-10-18)11-12-20-19(21)23-13-14-24(2,3)4/h6-10,15H,5,11-14,16H2,1-4H3,(H,20,21)/b17-15+. The van der Waals surface area contributed by atoms with Crippen LogP contribution in [0.15, 0.2) is 42.2 Å². The van der Waals surface area contributed by atoms with Crippen LogP contribution in [0, 0.1) is 0 Å². The van der Waals surface area contributed by atoms with Crippen molar-refractivity contribution in [3.63, 3.8) is 0 Å². The van der Waals surface area contributed by atoms with E-state index in [1.807, 2.05) is 36.6 Å². The van der Waals surface area contributed by atoms with Crippen molar-refractivity contribution >= 4 is 14.2 Å². The van der Waals surface area contributed by atoms with Crippen molar-refractivity contribution in [2.24, 2.45) is 0 Å². The van der Waals surface area contributed by atoms with E-state index >= 15 is 0 Å². The molecule has 0 aliphatic heterocycles. The summed E-state index contributed by atoms with van der Waals surface area (Å²) in [4.78, 5) is 11.6. The molecular formula is C19H31NO3Si. The van der Waals surface area contributed by atoms with Crippen molar-refractivity contribution in [2.45, 2.75) is 52.1 Å². The van der Waals surface area contributed by atoms with Gasteiger partial charge in [0.25, 0.3) is 0 Å². The molecule has 1 aromatic carbocycles. The van der Waals surface area contributed by atoms with Crippen LogP contribution in [-0.2, 0) is 16.1 Å². The van der Waals surface area contributed by atoms with Gasteiger partial charge in [0.15, 0.2) is 0 Å². The summed E-state index contributed by atoms with van der Waals surface area (Å²) in [5.74, 6) is 0. The molecule has 0 saturated heterocycles. The monoisotopic (exact) mass is 349 g/mol. The fraction of sp³-hybridized carbons (Fsp3) is 0.526. The lowest BCUT2D eigenvalue weighted by Crippen LogP contribution is -2.28. The Bertz CT molecular complexity index is 509. The molecule has 1 amide bonds.